The van der Waals surface area contributed by atoms with Gasteiger partial charge in [0.2, 0.25) is 0 Å². The Hall–Kier alpha value is -3.55. The van der Waals surface area contributed by atoms with Crippen molar-refractivity contribution >= 4 is 23.2 Å². The van der Waals surface area contributed by atoms with Crippen LogP contribution in [0, 0.1) is 5.92 Å². The quantitative estimate of drug-likeness (QED) is 0.542. The number of Topliss-reactive ketones (excluding diaryl/α,β-unsaturated/α-hetero) is 1. The van der Waals surface area contributed by atoms with Gasteiger partial charge < -0.3 is 10.2 Å². The van der Waals surface area contributed by atoms with Crippen LogP contribution >= 0.6 is 0 Å². The van der Waals surface area contributed by atoms with E-state index in [4.69, 9.17) is 5.10 Å². The van der Waals surface area contributed by atoms with Crippen LogP contribution in [-0.2, 0) is 4.79 Å². The summed E-state index contributed by atoms with van der Waals surface area (Å²) in [6, 6.07) is 12.1. The number of nitrogens with zero attached hydrogens (tertiary/aromatic N) is 4. The molecule has 0 bridgehead atoms. The Morgan fingerprint density at radius 2 is 1.81 bits per heavy atom. The molecule has 2 amide bonds. The van der Waals surface area contributed by atoms with Gasteiger partial charge in [-0.25, -0.2) is 4.79 Å². The monoisotopic (exact) mass is 486 g/mol. The zero-order chi connectivity index (χ0) is 24.9. The highest BCUT2D eigenvalue weighted by Gasteiger charge is 2.42. The number of amides is 2. The Morgan fingerprint density at radius 1 is 1.03 bits per heavy atom. The first-order valence-electron chi connectivity index (χ1n) is 13.1. The van der Waals surface area contributed by atoms with Crippen molar-refractivity contribution in [3.05, 3.63) is 65.8 Å². The molecule has 1 unspecified atom stereocenters. The van der Waals surface area contributed by atoms with Crippen molar-refractivity contribution in [2.75, 3.05) is 6.54 Å². The predicted octanol–water partition coefficient (Wildman–Crippen LogP) is 4.30. The van der Waals surface area contributed by atoms with E-state index in [0.717, 1.165) is 61.3 Å². The molecule has 5 rings (SSSR count). The largest absolute Gasteiger partial charge is 0.333 e. The minimum absolute atomic E-state index is 0.0207. The van der Waals surface area contributed by atoms with Crippen LogP contribution in [0.15, 0.2) is 59.5 Å². The normalized spacial score (nSPS) is 23.6. The number of carbonyl (C=O) groups is 2. The summed E-state index contributed by atoms with van der Waals surface area (Å²) >= 11 is 0. The summed E-state index contributed by atoms with van der Waals surface area (Å²) < 4.78 is 0. The van der Waals surface area contributed by atoms with E-state index in [0.29, 0.717) is 25.2 Å². The van der Waals surface area contributed by atoms with Gasteiger partial charge in [-0.2, -0.15) is 5.10 Å². The summed E-state index contributed by atoms with van der Waals surface area (Å²) in [5, 5.41) is 8.03. The topological polar surface area (TPSA) is 99.6 Å². The van der Waals surface area contributed by atoms with Gasteiger partial charge in [-0.05, 0) is 68.4 Å². The van der Waals surface area contributed by atoms with Crippen molar-refractivity contribution in [3.63, 3.8) is 0 Å². The molecule has 3 atom stereocenters. The number of fused-ring (bicyclic) bond motifs is 2. The third kappa shape index (κ3) is 5.03. The summed E-state index contributed by atoms with van der Waals surface area (Å²) in [7, 11) is 0. The number of urea groups is 1. The molecule has 3 aliphatic rings. The zero-order valence-corrected chi connectivity index (χ0v) is 20.8. The zero-order valence-electron chi connectivity index (χ0n) is 20.8. The molecule has 1 aliphatic carbocycles. The number of allylic oxidation sites excluding steroid dienone is 1. The first-order valence-corrected chi connectivity index (χ1v) is 13.1. The second-order valence-corrected chi connectivity index (χ2v) is 9.77. The molecule has 0 spiro atoms. The highest BCUT2D eigenvalue weighted by atomic mass is 16.2. The van der Waals surface area contributed by atoms with Crippen LogP contribution in [-0.4, -0.2) is 51.0 Å². The Labute approximate surface area is 212 Å². The third-order valence-electron chi connectivity index (χ3n) is 7.62. The SMILES string of the molecule is CCC(=O)CCCCN1C(=O)N[C@@H]2CCC3C(c4ccccn4)=NNC(c4ccccn4)=C3CC[C@@H]21. The van der Waals surface area contributed by atoms with Crippen LogP contribution in [0.3, 0.4) is 0 Å². The van der Waals surface area contributed by atoms with Gasteiger partial charge in [0.15, 0.2) is 0 Å². The van der Waals surface area contributed by atoms with Gasteiger partial charge in [0.25, 0.3) is 0 Å². The van der Waals surface area contributed by atoms with Gasteiger partial charge in [0.1, 0.15) is 5.78 Å². The van der Waals surface area contributed by atoms with Crippen LogP contribution in [0.25, 0.3) is 5.70 Å². The van der Waals surface area contributed by atoms with E-state index in [-0.39, 0.29) is 24.0 Å². The number of nitrogens with one attached hydrogen (secondary N) is 2. The van der Waals surface area contributed by atoms with Crippen molar-refractivity contribution in [1.82, 2.24) is 25.6 Å². The minimum atomic E-state index is 0.0207. The Balaban J connectivity index is 1.39. The number of carbonyl (C=O) groups excluding carboxylic acids is 2. The van der Waals surface area contributed by atoms with Crippen LogP contribution in [0.2, 0.25) is 0 Å². The Bertz CT molecular complexity index is 1150. The maximum absolute atomic E-state index is 12.9. The fraction of sp³-hybridized carbons (Fsp3) is 0.464. The standard InChI is InChI=1S/C28H34N6O2/c1-2-19(35)9-5-8-18-34-25-15-13-21-20(12-14-22(25)31-28(34)36)26(23-10-3-6-16-29-23)32-33-27(21)24-11-4-7-17-30-24/h3-4,6-7,10-11,16-17,20,22,25,33H,2,5,8-9,12-15,18H2,1H3,(H,31,36)/t20?,22-,25+/m1/s1. The van der Waals surface area contributed by atoms with Crippen LogP contribution in [0.1, 0.15) is 69.7 Å². The van der Waals surface area contributed by atoms with Crippen molar-refractivity contribution in [1.29, 1.82) is 0 Å². The number of unbranched alkanes of at least 4 members (excludes halogenated alkanes) is 1. The van der Waals surface area contributed by atoms with Gasteiger partial charge in [0, 0.05) is 37.7 Å². The van der Waals surface area contributed by atoms with E-state index in [1.165, 1.54) is 5.57 Å². The van der Waals surface area contributed by atoms with Crippen LogP contribution in [0.4, 0.5) is 4.79 Å². The molecule has 4 heterocycles. The summed E-state index contributed by atoms with van der Waals surface area (Å²) in [4.78, 5) is 35.8. The van der Waals surface area contributed by atoms with Gasteiger partial charge >= 0.3 is 6.03 Å². The molecular weight excluding hydrogens is 452 g/mol. The molecule has 2 fully saturated rings. The van der Waals surface area contributed by atoms with Crippen LogP contribution in [0.5, 0.6) is 0 Å². The molecule has 8 nitrogen and oxygen atoms in total. The van der Waals surface area contributed by atoms with E-state index in [1.807, 2.05) is 48.2 Å². The summed E-state index contributed by atoms with van der Waals surface area (Å²) in [5.74, 6) is 0.407. The van der Waals surface area contributed by atoms with Gasteiger partial charge in [0.05, 0.1) is 34.9 Å². The van der Waals surface area contributed by atoms with Crippen molar-refractivity contribution in [3.8, 4) is 0 Å². The lowest BCUT2D eigenvalue weighted by atomic mass is 9.78. The second-order valence-electron chi connectivity index (χ2n) is 9.77. The Kier molecular flexibility index (Phi) is 7.39. The molecule has 2 aliphatic heterocycles. The third-order valence-corrected chi connectivity index (χ3v) is 7.62. The molecule has 1 saturated heterocycles. The lowest BCUT2D eigenvalue weighted by Crippen LogP contribution is -2.40. The molecule has 0 aromatic carbocycles. The molecule has 1 saturated carbocycles. The number of rotatable bonds is 8. The van der Waals surface area contributed by atoms with Crippen molar-refractivity contribution < 1.29 is 9.59 Å². The van der Waals surface area contributed by atoms with E-state index in [9.17, 15) is 9.59 Å². The molecule has 2 aromatic heterocycles. The molecule has 0 radical (unpaired) electrons. The summed E-state index contributed by atoms with van der Waals surface area (Å²) in [6.07, 6.45) is 9.94. The van der Waals surface area contributed by atoms with E-state index in [1.54, 1.807) is 12.4 Å². The van der Waals surface area contributed by atoms with E-state index < -0.39 is 0 Å². The first kappa shape index (κ1) is 24.2. The molecule has 188 valence electrons. The fourth-order valence-electron chi connectivity index (χ4n) is 5.72. The number of hydrogen-bond acceptors (Lipinski definition) is 6. The lowest BCUT2D eigenvalue weighted by molar-refractivity contribution is -0.118. The molecule has 2 N–H and O–H groups in total. The number of hydrazone groups is 1. The first-order chi connectivity index (χ1) is 17.7. The van der Waals surface area contributed by atoms with Gasteiger partial charge in [-0.15, -0.1) is 0 Å². The average molecular weight is 487 g/mol. The van der Waals surface area contributed by atoms with Crippen molar-refractivity contribution in [2.45, 2.75) is 70.4 Å². The minimum Gasteiger partial charge on any atom is -0.333 e. The number of hydrogen-bond donors (Lipinski definition) is 2. The van der Waals surface area contributed by atoms with E-state index in [2.05, 4.69) is 20.7 Å². The van der Waals surface area contributed by atoms with Gasteiger partial charge in [-0.1, -0.05) is 19.1 Å². The summed E-state index contributed by atoms with van der Waals surface area (Å²) in [6.45, 7) is 2.60. The van der Waals surface area contributed by atoms with Crippen LogP contribution < -0.4 is 10.7 Å². The Morgan fingerprint density at radius 3 is 2.53 bits per heavy atom. The van der Waals surface area contributed by atoms with Crippen molar-refractivity contribution in [2.24, 2.45) is 11.0 Å². The molecule has 8 heteroatoms. The highest BCUT2D eigenvalue weighted by molar-refractivity contribution is 6.04. The molecular formula is C28H34N6O2. The fourth-order valence-corrected chi connectivity index (χ4v) is 5.72. The molecule has 2 aromatic rings. The van der Waals surface area contributed by atoms with Gasteiger partial charge in [-0.3, -0.25) is 20.2 Å². The maximum atomic E-state index is 12.9. The second kappa shape index (κ2) is 11.0. The maximum Gasteiger partial charge on any atom is 0.318 e. The predicted molar refractivity (Wildman–Crippen MR) is 139 cm³/mol. The number of ketones is 1. The lowest BCUT2D eigenvalue weighted by Gasteiger charge is -2.35. The summed E-state index contributed by atoms with van der Waals surface area (Å²) in [5.41, 5.74) is 8.28. The number of pyridine rings is 2. The number of aromatic nitrogens is 2. The smallest absolute Gasteiger partial charge is 0.318 e. The van der Waals surface area contributed by atoms with E-state index >= 15 is 0 Å². The molecule has 36 heavy (non-hydrogen) atoms. The highest BCUT2D eigenvalue weighted by Crippen LogP contribution is 2.38. The average Bonchev–Trinajstić information content (AvgIpc) is 3.20.